The first-order chi connectivity index (χ1) is 11.0. The van der Waals surface area contributed by atoms with E-state index in [4.69, 9.17) is 0 Å². The number of nitrogens with zero attached hydrogens (tertiary/aromatic N) is 2. The lowest BCUT2D eigenvalue weighted by atomic mass is 9.93. The second-order valence-electron chi connectivity index (χ2n) is 7.16. The molecular weight excluding hydrogens is 294 g/mol. The minimum Gasteiger partial charge on any atom is -0.353 e. The Bertz CT molecular complexity index is 473. The highest BCUT2D eigenvalue weighted by molar-refractivity contribution is 5.81. The Labute approximate surface area is 137 Å². The van der Waals surface area contributed by atoms with E-state index in [1.807, 2.05) is 9.80 Å². The monoisotopic (exact) mass is 321 g/mol. The van der Waals surface area contributed by atoms with Crippen molar-refractivity contribution < 1.29 is 14.4 Å². The largest absolute Gasteiger partial charge is 0.353 e. The number of carbonyl (C=O) groups is 3. The van der Waals surface area contributed by atoms with Crippen molar-refractivity contribution in [2.45, 2.75) is 51.5 Å². The molecule has 3 rings (SSSR count). The molecule has 0 aromatic carbocycles. The van der Waals surface area contributed by atoms with E-state index in [9.17, 15) is 14.4 Å². The van der Waals surface area contributed by atoms with Gasteiger partial charge in [-0.15, -0.1) is 0 Å². The van der Waals surface area contributed by atoms with E-state index in [2.05, 4.69) is 5.32 Å². The van der Waals surface area contributed by atoms with Crippen LogP contribution < -0.4 is 5.32 Å². The van der Waals surface area contributed by atoms with E-state index in [0.29, 0.717) is 13.1 Å². The molecule has 0 atom stereocenters. The third-order valence-corrected chi connectivity index (χ3v) is 5.39. The van der Waals surface area contributed by atoms with Gasteiger partial charge >= 0.3 is 0 Å². The van der Waals surface area contributed by atoms with Crippen LogP contribution in [0.2, 0.25) is 0 Å². The second-order valence-corrected chi connectivity index (χ2v) is 7.16. The molecule has 3 fully saturated rings. The van der Waals surface area contributed by atoms with E-state index in [0.717, 1.165) is 51.6 Å². The summed E-state index contributed by atoms with van der Waals surface area (Å²) in [6, 6.07) is 0.228. The summed E-state index contributed by atoms with van der Waals surface area (Å²) in [7, 11) is 0. The molecule has 0 bridgehead atoms. The van der Waals surface area contributed by atoms with Gasteiger partial charge in [-0.3, -0.25) is 14.4 Å². The fourth-order valence-electron chi connectivity index (χ4n) is 3.61. The number of nitrogens with one attached hydrogen (secondary N) is 1. The average molecular weight is 321 g/mol. The molecule has 2 heterocycles. The zero-order valence-corrected chi connectivity index (χ0v) is 13.9. The smallest absolute Gasteiger partial charge is 0.225 e. The highest BCUT2D eigenvalue weighted by atomic mass is 16.2. The average Bonchev–Trinajstić information content (AvgIpc) is 3.40. The number of hydrogen-bond acceptors (Lipinski definition) is 3. The maximum Gasteiger partial charge on any atom is 0.225 e. The summed E-state index contributed by atoms with van der Waals surface area (Å²) in [6.07, 6.45) is 5.32. The lowest BCUT2D eigenvalue weighted by molar-refractivity contribution is -0.141. The van der Waals surface area contributed by atoms with E-state index in [-0.39, 0.29) is 35.6 Å². The first kappa shape index (κ1) is 16.3. The number of likely N-dealkylation sites (tertiary alicyclic amines) is 2. The van der Waals surface area contributed by atoms with Crippen LogP contribution in [0.3, 0.4) is 0 Å². The summed E-state index contributed by atoms with van der Waals surface area (Å²) < 4.78 is 0. The molecule has 23 heavy (non-hydrogen) atoms. The molecule has 0 unspecified atom stereocenters. The SMILES string of the molecule is CC(=O)N1CCC(C(=O)N2CCC(NC(=O)C3CC3)CC2)CC1. The van der Waals surface area contributed by atoms with Crippen molar-refractivity contribution in [3.63, 3.8) is 0 Å². The summed E-state index contributed by atoms with van der Waals surface area (Å²) >= 11 is 0. The van der Waals surface area contributed by atoms with Gasteiger partial charge in [0.2, 0.25) is 17.7 Å². The lowest BCUT2D eigenvalue weighted by Crippen LogP contribution is -2.50. The Morgan fingerprint density at radius 3 is 1.87 bits per heavy atom. The summed E-state index contributed by atoms with van der Waals surface area (Å²) in [5.74, 6) is 0.846. The molecular formula is C17H27N3O3. The van der Waals surface area contributed by atoms with Crippen LogP contribution in [0.1, 0.15) is 45.4 Å². The number of hydrogen-bond donors (Lipinski definition) is 1. The van der Waals surface area contributed by atoms with Crippen LogP contribution in [-0.4, -0.2) is 59.7 Å². The minimum atomic E-state index is 0.0585. The van der Waals surface area contributed by atoms with E-state index in [1.165, 1.54) is 0 Å². The van der Waals surface area contributed by atoms with Crippen LogP contribution in [0.25, 0.3) is 0 Å². The molecule has 3 amide bonds. The predicted octanol–water partition coefficient (Wildman–Crippen LogP) is 0.762. The fourth-order valence-corrected chi connectivity index (χ4v) is 3.61. The quantitative estimate of drug-likeness (QED) is 0.834. The predicted molar refractivity (Wildman–Crippen MR) is 85.4 cm³/mol. The summed E-state index contributed by atoms with van der Waals surface area (Å²) in [5, 5.41) is 3.12. The molecule has 3 aliphatic rings. The van der Waals surface area contributed by atoms with Crippen LogP contribution in [0.4, 0.5) is 0 Å². The molecule has 0 aromatic rings. The first-order valence-corrected chi connectivity index (χ1v) is 8.89. The van der Waals surface area contributed by atoms with E-state index in [1.54, 1.807) is 6.92 Å². The molecule has 0 aromatic heterocycles. The molecule has 6 heteroatoms. The van der Waals surface area contributed by atoms with E-state index < -0.39 is 0 Å². The standard InChI is InChI=1S/C17H27N3O3/c1-12(21)19-8-4-14(5-9-19)17(23)20-10-6-15(7-11-20)18-16(22)13-2-3-13/h13-15H,2-11H2,1H3,(H,18,22). The normalized spacial score (nSPS) is 23.7. The van der Waals surface area contributed by atoms with Crippen molar-refractivity contribution in [1.29, 1.82) is 0 Å². The van der Waals surface area contributed by atoms with Gasteiger partial charge in [0.05, 0.1) is 0 Å². The maximum absolute atomic E-state index is 12.6. The van der Waals surface area contributed by atoms with Crippen LogP contribution in [0.15, 0.2) is 0 Å². The van der Waals surface area contributed by atoms with Crippen molar-refractivity contribution in [1.82, 2.24) is 15.1 Å². The molecule has 6 nitrogen and oxygen atoms in total. The van der Waals surface area contributed by atoms with Gasteiger partial charge in [0.25, 0.3) is 0 Å². The molecule has 128 valence electrons. The highest BCUT2D eigenvalue weighted by Gasteiger charge is 2.34. The summed E-state index contributed by atoms with van der Waals surface area (Å²) in [6.45, 7) is 4.45. The topological polar surface area (TPSA) is 69.7 Å². The highest BCUT2D eigenvalue weighted by Crippen LogP contribution is 2.29. The molecule has 1 N–H and O–H groups in total. The van der Waals surface area contributed by atoms with Crippen molar-refractivity contribution in [3.05, 3.63) is 0 Å². The molecule has 0 radical (unpaired) electrons. The van der Waals surface area contributed by atoms with Gasteiger partial charge in [0.15, 0.2) is 0 Å². The number of piperidine rings is 2. The Balaban J connectivity index is 1.41. The van der Waals surface area contributed by atoms with Gasteiger partial charge in [0, 0.05) is 51.0 Å². The van der Waals surface area contributed by atoms with Crippen molar-refractivity contribution in [3.8, 4) is 0 Å². The molecule has 1 aliphatic carbocycles. The van der Waals surface area contributed by atoms with Gasteiger partial charge in [0.1, 0.15) is 0 Å². The van der Waals surface area contributed by atoms with E-state index >= 15 is 0 Å². The lowest BCUT2D eigenvalue weighted by Gasteiger charge is -2.37. The zero-order chi connectivity index (χ0) is 16.4. The number of carbonyl (C=O) groups excluding carboxylic acids is 3. The third kappa shape index (κ3) is 4.03. The van der Waals surface area contributed by atoms with Crippen LogP contribution in [-0.2, 0) is 14.4 Å². The van der Waals surface area contributed by atoms with Crippen LogP contribution >= 0.6 is 0 Å². The van der Waals surface area contributed by atoms with Gasteiger partial charge in [-0.2, -0.15) is 0 Å². The van der Waals surface area contributed by atoms with Crippen molar-refractivity contribution in [2.75, 3.05) is 26.2 Å². The molecule has 2 aliphatic heterocycles. The van der Waals surface area contributed by atoms with Gasteiger partial charge in [-0.1, -0.05) is 0 Å². The zero-order valence-electron chi connectivity index (χ0n) is 13.9. The molecule has 2 saturated heterocycles. The Kier molecular flexibility index (Phi) is 4.87. The van der Waals surface area contributed by atoms with Crippen molar-refractivity contribution >= 4 is 17.7 Å². The van der Waals surface area contributed by atoms with Gasteiger partial charge < -0.3 is 15.1 Å². The van der Waals surface area contributed by atoms with Gasteiger partial charge in [-0.05, 0) is 38.5 Å². The van der Waals surface area contributed by atoms with Gasteiger partial charge in [-0.25, -0.2) is 0 Å². The summed E-state index contributed by atoms with van der Waals surface area (Å²) in [4.78, 5) is 39.5. The second kappa shape index (κ2) is 6.89. The van der Waals surface area contributed by atoms with Crippen LogP contribution in [0, 0.1) is 11.8 Å². The minimum absolute atomic E-state index is 0.0585. The Morgan fingerprint density at radius 2 is 1.35 bits per heavy atom. The van der Waals surface area contributed by atoms with Crippen molar-refractivity contribution in [2.24, 2.45) is 11.8 Å². The molecule has 1 saturated carbocycles. The third-order valence-electron chi connectivity index (χ3n) is 5.39. The Hall–Kier alpha value is -1.59. The number of rotatable bonds is 3. The summed E-state index contributed by atoms with van der Waals surface area (Å²) in [5.41, 5.74) is 0. The molecule has 0 spiro atoms. The Morgan fingerprint density at radius 1 is 0.783 bits per heavy atom. The maximum atomic E-state index is 12.6. The number of amides is 3. The first-order valence-electron chi connectivity index (χ1n) is 8.89. The van der Waals surface area contributed by atoms with Crippen LogP contribution in [0.5, 0.6) is 0 Å². The fraction of sp³-hybridized carbons (Fsp3) is 0.824.